The standard InChI is InChI=1S/C56H56/c1-53(2,3)39-25-37(26-40(31-39)54(4,5)6)49-45-29-35-17-13-14-18-36(35)30-46(45)50(38-27-41(55(7,8)9)32-42(28-38)56(10,11)12)52-44-22-16-20-34-24-23-33-19-15-21-43(51(49)52)47(33)48(34)44/h13-32H,1-12H3. The van der Waals surface area contributed by atoms with Crippen LogP contribution in [0.25, 0.3) is 86.9 Å². The van der Waals surface area contributed by atoms with Crippen molar-refractivity contribution in [1.82, 2.24) is 0 Å². The molecule has 0 amide bonds. The molecule has 0 fully saturated rings. The topological polar surface area (TPSA) is 0 Å². The predicted octanol–water partition coefficient (Wildman–Crippen LogP) is 16.6. The van der Waals surface area contributed by atoms with Gasteiger partial charge in [-0.1, -0.05) is 192 Å². The molecule has 280 valence electrons. The van der Waals surface area contributed by atoms with Crippen molar-refractivity contribution in [2.75, 3.05) is 0 Å². The van der Waals surface area contributed by atoms with Crippen molar-refractivity contribution in [3.05, 3.63) is 144 Å². The molecule has 0 aliphatic rings. The lowest BCUT2D eigenvalue weighted by atomic mass is 9.75. The fourth-order valence-corrected chi connectivity index (χ4v) is 9.16. The molecular formula is C56H56. The van der Waals surface area contributed by atoms with Crippen LogP contribution in [0.15, 0.2) is 121 Å². The van der Waals surface area contributed by atoms with Crippen LogP contribution in [0.1, 0.15) is 105 Å². The minimum absolute atomic E-state index is 0.0204. The van der Waals surface area contributed by atoms with Crippen LogP contribution in [0.3, 0.4) is 0 Å². The average Bonchev–Trinajstić information content (AvgIpc) is 3.13. The molecule has 0 heteroatoms. The zero-order valence-corrected chi connectivity index (χ0v) is 35.5. The largest absolute Gasteiger partial charge is 0.0616 e. The van der Waals surface area contributed by atoms with Gasteiger partial charge < -0.3 is 0 Å². The highest BCUT2D eigenvalue weighted by atomic mass is 14.3. The van der Waals surface area contributed by atoms with Gasteiger partial charge in [-0.25, -0.2) is 0 Å². The maximum atomic E-state index is 2.51. The van der Waals surface area contributed by atoms with Gasteiger partial charge in [-0.15, -0.1) is 0 Å². The number of hydrogen-bond acceptors (Lipinski definition) is 0. The maximum absolute atomic E-state index is 2.51. The summed E-state index contributed by atoms with van der Waals surface area (Å²) in [7, 11) is 0. The SMILES string of the molecule is CC(C)(C)c1cc(-c2c3cc4ccccc4cc3c(-c3cc(C(C)(C)C)cc(C(C)(C)C)c3)c3c4cccc5ccc6cccc(c23)c6c54)cc(C(C)(C)C)c1. The van der Waals surface area contributed by atoms with Crippen molar-refractivity contribution in [3.8, 4) is 22.3 Å². The van der Waals surface area contributed by atoms with Crippen LogP contribution in [0.5, 0.6) is 0 Å². The Balaban J connectivity index is 1.64. The highest BCUT2D eigenvalue weighted by Gasteiger charge is 2.28. The molecule has 0 heterocycles. The molecule has 0 radical (unpaired) electrons. The molecule has 9 aromatic carbocycles. The van der Waals surface area contributed by atoms with Crippen LogP contribution in [-0.2, 0) is 21.7 Å². The zero-order valence-electron chi connectivity index (χ0n) is 35.5. The third kappa shape index (κ3) is 5.79. The summed E-state index contributed by atoms with van der Waals surface area (Å²) in [6, 6.07) is 47.5. The lowest BCUT2D eigenvalue weighted by molar-refractivity contribution is 0.568. The van der Waals surface area contributed by atoms with Crippen LogP contribution >= 0.6 is 0 Å². The van der Waals surface area contributed by atoms with E-state index >= 15 is 0 Å². The Bertz CT molecular complexity index is 2760. The molecule has 0 N–H and O–H groups in total. The molecule has 0 unspecified atom stereocenters. The van der Waals surface area contributed by atoms with E-state index in [-0.39, 0.29) is 21.7 Å². The molecule has 0 atom stereocenters. The minimum atomic E-state index is -0.0204. The fourth-order valence-electron chi connectivity index (χ4n) is 9.16. The number of benzene rings is 9. The van der Waals surface area contributed by atoms with Gasteiger partial charge in [0.15, 0.2) is 0 Å². The molecule has 0 bridgehead atoms. The lowest BCUT2D eigenvalue weighted by Crippen LogP contribution is -2.16. The van der Waals surface area contributed by atoms with E-state index in [1.54, 1.807) is 0 Å². The number of hydrogen-bond donors (Lipinski definition) is 0. The molecule has 0 aliphatic carbocycles. The Labute approximate surface area is 333 Å². The fraction of sp³-hybridized carbons (Fsp3) is 0.286. The Hall–Kier alpha value is -5.20. The van der Waals surface area contributed by atoms with Gasteiger partial charge in [0.25, 0.3) is 0 Å². The first-order valence-electron chi connectivity index (χ1n) is 20.6. The number of rotatable bonds is 2. The summed E-state index contributed by atoms with van der Waals surface area (Å²) in [5.74, 6) is 0. The van der Waals surface area contributed by atoms with Crippen LogP contribution in [-0.4, -0.2) is 0 Å². The van der Waals surface area contributed by atoms with Gasteiger partial charge in [-0.2, -0.15) is 0 Å². The summed E-state index contributed by atoms with van der Waals surface area (Å²) in [6.07, 6.45) is 0. The highest BCUT2D eigenvalue weighted by molar-refractivity contribution is 6.41. The van der Waals surface area contributed by atoms with Gasteiger partial charge in [0.2, 0.25) is 0 Å². The zero-order chi connectivity index (χ0) is 39.7. The first-order valence-corrected chi connectivity index (χ1v) is 20.6. The molecule has 0 nitrogen and oxygen atoms in total. The molecule has 0 aliphatic heterocycles. The first-order chi connectivity index (χ1) is 26.3. The molecule has 0 spiro atoms. The van der Waals surface area contributed by atoms with Crippen molar-refractivity contribution in [2.45, 2.75) is 105 Å². The van der Waals surface area contributed by atoms with Gasteiger partial charge in [0.1, 0.15) is 0 Å². The second-order valence-electron chi connectivity index (χ2n) is 20.7. The summed E-state index contributed by atoms with van der Waals surface area (Å²) < 4.78 is 0. The summed E-state index contributed by atoms with van der Waals surface area (Å²) in [5.41, 5.74) is 10.7. The van der Waals surface area contributed by atoms with E-state index in [1.165, 1.54) is 109 Å². The van der Waals surface area contributed by atoms with Gasteiger partial charge in [-0.3, -0.25) is 0 Å². The maximum Gasteiger partial charge on any atom is -0.000741 e. The van der Waals surface area contributed by atoms with E-state index in [2.05, 4.69) is 204 Å². The van der Waals surface area contributed by atoms with Gasteiger partial charge in [0.05, 0.1) is 0 Å². The Morgan fingerprint density at radius 3 is 0.911 bits per heavy atom. The van der Waals surface area contributed by atoms with Gasteiger partial charge in [0, 0.05) is 0 Å². The van der Waals surface area contributed by atoms with Crippen molar-refractivity contribution >= 4 is 64.6 Å². The molecule has 0 aromatic heterocycles. The van der Waals surface area contributed by atoms with Crippen LogP contribution < -0.4 is 0 Å². The Morgan fingerprint density at radius 1 is 0.268 bits per heavy atom. The normalized spacial score (nSPS) is 13.4. The third-order valence-electron chi connectivity index (χ3n) is 12.5. The molecule has 56 heavy (non-hydrogen) atoms. The summed E-state index contributed by atoms with van der Waals surface area (Å²) in [4.78, 5) is 0. The summed E-state index contributed by atoms with van der Waals surface area (Å²) in [5, 5.41) is 15.8. The monoisotopic (exact) mass is 728 g/mol. The van der Waals surface area contributed by atoms with Crippen molar-refractivity contribution in [2.24, 2.45) is 0 Å². The highest BCUT2D eigenvalue weighted by Crippen LogP contribution is 2.53. The summed E-state index contributed by atoms with van der Waals surface area (Å²) >= 11 is 0. The van der Waals surface area contributed by atoms with E-state index in [9.17, 15) is 0 Å². The van der Waals surface area contributed by atoms with Gasteiger partial charge in [-0.05, 0) is 143 Å². The summed E-state index contributed by atoms with van der Waals surface area (Å²) in [6.45, 7) is 28.3. The number of fused-ring (bicyclic) bond motifs is 5. The van der Waals surface area contributed by atoms with Crippen LogP contribution in [0.4, 0.5) is 0 Å². The minimum Gasteiger partial charge on any atom is -0.0616 e. The average molecular weight is 729 g/mol. The second kappa shape index (κ2) is 12.1. The quantitative estimate of drug-likeness (QED) is 0.123. The Kier molecular flexibility index (Phi) is 7.91. The molecule has 0 saturated heterocycles. The smallest absolute Gasteiger partial charge is 0.000741 e. The molecule has 9 rings (SSSR count). The van der Waals surface area contributed by atoms with Gasteiger partial charge >= 0.3 is 0 Å². The van der Waals surface area contributed by atoms with E-state index in [0.717, 1.165) is 0 Å². The molecule has 9 aromatic rings. The second-order valence-corrected chi connectivity index (χ2v) is 20.7. The third-order valence-corrected chi connectivity index (χ3v) is 12.5. The predicted molar refractivity (Wildman–Crippen MR) is 248 cm³/mol. The lowest BCUT2D eigenvalue weighted by Gasteiger charge is -2.29. The van der Waals surface area contributed by atoms with E-state index < -0.39 is 0 Å². The van der Waals surface area contributed by atoms with Crippen LogP contribution in [0.2, 0.25) is 0 Å². The molecule has 0 saturated carbocycles. The van der Waals surface area contributed by atoms with E-state index in [4.69, 9.17) is 0 Å². The first kappa shape index (κ1) is 36.4. The van der Waals surface area contributed by atoms with Crippen molar-refractivity contribution < 1.29 is 0 Å². The van der Waals surface area contributed by atoms with Crippen molar-refractivity contribution in [1.29, 1.82) is 0 Å². The Morgan fingerprint density at radius 2 is 0.589 bits per heavy atom. The molecular weight excluding hydrogens is 673 g/mol. The van der Waals surface area contributed by atoms with E-state index in [1.807, 2.05) is 0 Å². The van der Waals surface area contributed by atoms with E-state index in [0.29, 0.717) is 0 Å². The van der Waals surface area contributed by atoms with Crippen LogP contribution in [0, 0.1) is 0 Å². The van der Waals surface area contributed by atoms with Crippen molar-refractivity contribution in [3.63, 3.8) is 0 Å².